The van der Waals surface area contributed by atoms with Crippen molar-refractivity contribution in [2.24, 2.45) is 5.41 Å². The predicted molar refractivity (Wildman–Crippen MR) is 69.3 cm³/mol. The predicted octanol–water partition coefficient (Wildman–Crippen LogP) is 2.59. The summed E-state index contributed by atoms with van der Waals surface area (Å²) in [5.41, 5.74) is -0.915. The minimum atomic E-state index is -1.40. The Bertz CT molecular complexity index is 392. The highest BCUT2D eigenvalue weighted by atomic mass is 35.5. The summed E-state index contributed by atoms with van der Waals surface area (Å²) in [5.74, 6) is 0.221. The summed E-state index contributed by atoms with van der Waals surface area (Å²) in [6.07, 6.45) is 2.88. The molecule has 1 N–H and O–H groups in total. The van der Waals surface area contributed by atoms with Gasteiger partial charge in [0.25, 0.3) is 0 Å². The molecule has 17 heavy (non-hydrogen) atoms. The molecule has 0 aromatic carbocycles. The van der Waals surface area contributed by atoms with Gasteiger partial charge in [-0.15, -0.1) is 11.6 Å². The summed E-state index contributed by atoms with van der Waals surface area (Å²) in [6, 6.07) is 0. The van der Waals surface area contributed by atoms with E-state index in [1.54, 1.807) is 13.8 Å². The number of halogens is 3. The van der Waals surface area contributed by atoms with Crippen LogP contribution in [0.2, 0.25) is 0 Å². The monoisotopic (exact) mass is 297 g/mol. The van der Waals surface area contributed by atoms with Crippen LogP contribution in [0.1, 0.15) is 13.8 Å². The van der Waals surface area contributed by atoms with Gasteiger partial charge in [-0.25, -0.2) is 9.67 Å². The van der Waals surface area contributed by atoms with Gasteiger partial charge in [-0.05, 0) is 0 Å². The topological polar surface area (TPSA) is 50.9 Å². The molecular formula is C10H14Cl3N3O. The van der Waals surface area contributed by atoms with Crippen LogP contribution in [-0.4, -0.2) is 31.4 Å². The fourth-order valence-corrected chi connectivity index (χ4v) is 2.08. The fourth-order valence-electron chi connectivity index (χ4n) is 1.36. The zero-order chi connectivity index (χ0) is 13.1. The van der Waals surface area contributed by atoms with Crippen LogP contribution in [0.5, 0.6) is 0 Å². The standard InChI is InChI=1S/C10H14Cl3N3O/c1-9(2,4-12)10(17,8(13)3-11)5-16-7-14-6-15-16/h3,6-7,17H,4-5H2,1-2H3. The molecule has 0 bridgehead atoms. The lowest BCUT2D eigenvalue weighted by Crippen LogP contribution is -2.49. The molecule has 1 aromatic heterocycles. The van der Waals surface area contributed by atoms with Crippen LogP contribution in [0.15, 0.2) is 23.2 Å². The fraction of sp³-hybridized carbons (Fsp3) is 0.600. The van der Waals surface area contributed by atoms with Crippen molar-refractivity contribution in [3.8, 4) is 0 Å². The zero-order valence-electron chi connectivity index (χ0n) is 9.57. The van der Waals surface area contributed by atoms with Gasteiger partial charge in [0.05, 0.1) is 11.6 Å². The second kappa shape index (κ2) is 5.57. The maximum absolute atomic E-state index is 10.7. The van der Waals surface area contributed by atoms with Crippen molar-refractivity contribution in [1.29, 1.82) is 0 Å². The smallest absolute Gasteiger partial charge is 0.137 e. The lowest BCUT2D eigenvalue weighted by molar-refractivity contribution is -0.0325. The molecule has 0 saturated heterocycles. The highest BCUT2D eigenvalue weighted by molar-refractivity contribution is 6.37. The number of nitrogens with zero attached hydrogens (tertiary/aromatic N) is 3. The second-order valence-electron chi connectivity index (χ2n) is 4.43. The third-order valence-electron chi connectivity index (χ3n) is 2.80. The summed E-state index contributed by atoms with van der Waals surface area (Å²) >= 11 is 17.5. The first kappa shape index (κ1) is 14.8. The Morgan fingerprint density at radius 1 is 1.53 bits per heavy atom. The third kappa shape index (κ3) is 2.94. The van der Waals surface area contributed by atoms with Crippen LogP contribution in [0.3, 0.4) is 0 Å². The first-order valence-corrected chi connectivity index (χ1v) is 6.29. The van der Waals surface area contributed by atoms with Crippen molar-refractivity contribution in [2.45, 2.75) is 26.0 Å². The van der Waals surface area contributed by atoms with E-state index in [2.05, 4.69) is 10.1 Å². The van der Waals surface area contributed by atoms with Crippen LogP contribution >= 0.6 is 34.8 Å². The van der Waals surface area contributed by atoms with Gasteiger partial charge in [0.15, 0.2) is 0 Å². The summed E-state index contributed by atoms with van der Waals surface area (Å²) in [5, 5.41) is 14.8. The minimum absolute atomic E-state index is 0.125. The molecule has 1 rings (SSSR count). The number of alkyl halides is 1. The largest absolute Gasteiger partial charge is 0.382 e. The Morgan fingerprint density at radius 2 is 2.18 bits per heavy atom. The van der Waals surface area contributed by atoms with Crippen LogP contribution in [0, 0.1) is 5.41 Å². The van der Waals surface area contributed by atoms with Crippen molar-refractivity contribution in [1.82, 2.24) is 14.8 Å². The molecule has 1 unspecified atom stereocenters. The molecule has 1 atom stereocenters. The highest BCUT2D eigenvalue weighted by Crippen LogP contribution is 2.41. The molecular weight excluding hydrogens is 284 g/mol. The number of hydrogen-bond acceptors (Lipinski definition) is 3. The van der Waals surface area contributed by atoms with Crippen molar-refractivity contribution < 1.29 is 5.11 Å². The molecule has 0 aliphatic heterocycles. The summed E-state index contributed by atoms with van der Waals surface area (Å²) in [4.78, 5) is 3.81. The molecule has 0 fully saturated rings. The highest BCUT2D eigenvalue weighted by Gasteiger charge is 2.46. The molecule has 4 nitrogen and oxygen atoms in total. The van der Waals surface area contributed by atoms with Gasteiger partial charge in [-0.3, -0.25) is 0 Å². The summed E-state index contributed by atoms with van der Waals surface area (Å²) in [6.45, 7) is 3.74. The molecule has 0 spiro atoms. The molecule has 1 heterocycles. The van der Waals surface area contributed by atoms with Crippen molar-refractivity contribution >= 4 is 34.8 Å². The number of aromatic nitrogens is 3. The van der Waals surface area contributed by atoms with E-state index in [0.717, 1.165) is 5.54 Å². The average molecular weight is 299 g/mol. The van der Waals surface area contributed by atoms with E-state index in [4.69, 9.17) is 34.8 Å². The summed E-state index contributed by atoms with van der Waals surface area (Å²) < 4.78 is 1.48. The second-order valence-corrected chi connectivity index (χ2v) is 5.32. The molecule has 0 radical (unpaired) electrons. The first-order chi connectivity index (χ1) is 7.87. The van der Waals surface area contributed by atoms with Gasteiger partial charge in [-0.2, -0.15) is 5.10 Å². The van der Waals surface area contributed by atoms with E-state index in [1.807, 2.05) is 0 Å². The average Bonchev–Trinajstić information content (AvgIpc) is 2.80. The van der Waals surface area contributed by atoms with Gasteiger partial charge in [0.1, 0.15) is 18.3 Å². The zero-order valence-corrected chi connectivity index (χ0v) is 11.8. The van der Waals surface area contributed by atoms with E-state index in [-0.39, 0.29) is 17.5 Å². The third-order valence-corrected chi connectivity index (χ3v) is 4.22. The van der Waals surface area contributed by atoms with Crippen LogP contribution in [0.4, 0.5) is 0 Å². The van der Waals surface area contributed by atoms with E-state index >= 15 is 0 Å². The normalized spacial score (nSPS) is 16.9. The molecule has 0 aliphatic carbocycles. The first-order valence-electron chi connectivity index (χ1n) is 4.94. The number of aliphatic hydroxyl groups is 1. The maximum Gasteiger partial charge on any atom is 0.137 e. The van der Waals surface area contributed by atoms with Crippen LogP contribution < -0.4 is 0 Å². The molecule has 1 aromatic rings. The molecule has 7 heteroatoms. The molecule has 0 aliphatic rings. The van der Waals surface area contributed by atoms with E-state index < -0.39 is 11.0 Å². The lowest BCUT2D eigenvalue weighted by Gasteiger charge is -2.41. The van der Waals surface area contributed by atoms with E-state index in [9.17, 15) is 5.11 Å². The van der Waals surface area contributed by atoms with Crippen molar-refractivity contribution in [3.05, 3.63) is 23.2 Å². The van der Waals surface area contributed by atoms with Crippen LogP contribution in [-0.2, 0) is 6.54 Å². The van der Waals surface area contributed by atoms with E-state index in [1.165, 1.54) is 17.3 Å². The van der Waals surface area contributed by atoms with Gasteiger partial charge < -0.3 is 5.11 Å². The SMILES string of the molecule is CC(C)(CCl)C(O)(Cn1cncn1)C(Cl)=CCl. The Hall–Kier alpha value is -0.290. The van der Waals surface area contributed by atoms with Crippen LogP contribution in [0.25, 0.3) is 0 Å². The number of hydrogen-bond donors (Lipinski definition) is 1. The van der Waals surface area contributed by atoms with Crippen molar-refractivity contribution in [3.63, 3.8) is 0 Å². The van der Waals surface area contributed by atoms with Gasteiger partial charge in [-0.1, -0.05) is 37.0 Å². The lowest BCUT2D eigenvalue weighted by atomic mass is 9.76. The van der Waals surface area contributed by atoms with Gasteiger partial charge >= 0.3 is 0 Å². The van der Waals surface area contributed by atoms with Gasteiger partial charge in [0.2, 0.25) is 0 Å². The van der Waals surface area contributed by atoms with Crippen molar-refractivity contribution in [2.75, 3.05) is 5.88 Å². The number of rotatable bonds is 5. The quantitative estimate of drug-likeness (QED) is 0.850. The van der Waals surface area contributed by atoms with Gasteiger partial charge in [0, 0.05) is 16.8 Å². The Labute approximate surface area is 115 Å². The molecule has 96 valence electrons. The minimum Gasteiger partial charge on any atom is -0.382 e. The molecule has 0 amide bonds. The maximum atomic E-state index is 10.7. The Morgan fingerprint density at radius 3 is 2.59 bits per heavy atom. The Kier molecular flexibility index (Phi) is 4.84. The van der Waals surface area contributed by atoms with E-state index in [0.29, 0.717) is 0 Å². The molecule has 0 saturated carbocycles. The summed E-state index contributed by atoms with van der Waals surface area (Å²) in [7, 11) is 0. The Balaban J connectivity index is 3.11.